The molecule has 3 nitrogen and oxygen atoms in total. The van der Waals surface area contributed by atoms with Gasteiger partial charge in [-0.15, -0.1) is 0 Å². The van der Waals surface area contributed by atoms with Crippen molar-refractivity contribution in [3.63, 3.8) is 0 Å². The lowest BCUT2D eigenvalue weighted by molar-refractivity contribution is 0.0979. The first-order valence-electron chi connectivity index (χ1n) is 7.84. The van der Waals surface area contributed by atoms with Gasteiger partial charge in [0.2, 0.25) is 0 Å². The van der Waals surface area contributed by atoms with Crippen molar-refractivity contribution in [1.82, 2.24) is 0 Å². The van der Waals surface area contributed by atoms with Crippen LogP contribution < -0.4 is 9.47 Å². The molecule has 4 heteroatoms. The summed E-state index contributed by atoms with van der Waals surface area (Å²) >= 11 is 6.22. The molecule has 0 aliphatic carbocycles. The van der Waals surface area contributed by atoms with Crippen LogP contribution in [0.4, 0.5) is 0 Å². The standard InChI is InChI=1S/C17H23ClO3/c1-2-3-4-5-6-8-15(19)13-11-16-17(12-14(13)18)21-10-7-9-20-16/h11-12H,2-10H2,1H3. The number of fused-ring (bicyclic) bond motifs is 1. The Morgan fingerprint density at radius 2 is 1.76 bits per heavy atom. The molecule has 0 atom stereocenters. The molecule has 1 heterocycles. The largest absolute Gasteiger partial charge is 0.490 e. The van der Waals surface area contributed by atoms with Gasteiger partial charge in [0.25, 0.3) is 0 Å². The van der Waals surface area contributed by atoms with Crippen molar-refractivity contribution in [1.29, 1.82) is 0 Å². The van der Waals surface area contributed by atoms with Gasteiger partial charge in [0.1, 0.15) is 0 Å². The molecule has 2 rings (SSSR count). The van der Waals surface area contributed by atoms with Crippen LogP contribution in [0.5, 0.6) is 11.5 Å². The van der Waals surface area contributed by atoms with Gasteiger partial charge in [-0.2, -0.15) is 0 Å². The van der Waals surface area contributed by atoms with Gasteiger partial charge in [-0.1, -0.05) is 44.2 Å². The second kappa shape index (κ2) is 8.28. The number of carbonyl (C=O) groups is 1. The number of unbranched alkanes of at least 4 members (excludes halogenated alkanes) is 4. The maximum atomic E-state index is 12.3. The molecule has 0 amide bonds. The van der Waals surface area contributed by atoms with Gasteiger partial charge < -0.3 is 9.47 Å². The molecule has 0 unspecified atom stereocenters. The molecule has 1 aromatic rings. The molecule has 1 aliphatic rings. The Morgan fingerprint density at radius 1 is 1.10 bits per heavy atom. The van der Waals surface area contributed by atoms with Crippen molar-refractivity contribution < 1.29 is 14.3 Å². The van der Waals surface area contributed by atoms with Crippen molar-refractivity contribution in [2.45, 2.75) is 51.9 Å². The summed E-state index contributed by atoms with van der Waals surface area (Å²) in [5, 5.41) is 0.456. The fourth-order valence-electron chi connectivity index (χ4n) is 2.42. The number of ketones is 1. The zero-order valence-corrected chi connectivity index (χ0v) is 13.4. The Kier molecular flexibility index (Phi) is 6.37. The third kappa shape index (κ3) is 4.63. The zero-order chi connectivity index (χ0) is 15.1. The summed E-state index contributed by atoms with van der Waals surface area (Å²) < 4.78 is 11.2. The molecule has 1 aromatic carbocycles. The summed E-state index contributed by atoms with van der Waals surface area (Å²) in [6, 6.07) is 3.43. The van der Waals surface area contributed by atoms with Gasteiger partial charge in [-0.25, -0.2) is 0 Å². The lowest BCUT2D eigenvalue weighted by Crippen LogP contribution is -2.02. The Bertz CT molecular complexity index is 485. The van der Waals surface area contributed by atoms with E-state index in [1.165, 1.54) is 19.3 Å². The summed E-state index contributed by atoms with van der Waals surface area (Å²) in [5.74, 6) is 1.36. The van der Waals surface area contributed by atoms with E-state index >= 15 is 0 Å². The van der Waals surface area contributed by atoms with Crippen LogP contribution >= 0.6 is 11.6 Å². The molecule has 0 bridgehead atoms. The average Bonchev–Trinajstić information content (AvgIpc) is 2.70. The van der Waals surface area contributed by atoms with E-state index in [2.05, 4.69) is 6.92 Å². The van der Waals surface area contributed by atoms with Crippen molar-refractivity contribution >= 4 is 17.4 Å². The third-order valence-electron chi connectivity index (χ3n) is 3.65. The minimum absolute atomic E-state index is 0.0899. The molecule has 0 saturated carbocycles. The highest BCUT2D eigenvalue weighted by molar-refractivity contribution is 6.34. The van der Waals surface area contributed by atoms with Crippen molar-refractivity contribution in [2.75, 3.05) is 13.2 Å². The predicted molar refractivity (Wildman–Crippen MR) is 84.8 cm³/mol. The van der Waals surface area contributed by atoms with Gasteiger partial charge in [-0.05, 0) is 12.5 Å². The van der Waals surface area contributed by atoms with E-state index < -0.39 is 0 Å². The fourth-order valence-corrected chi connectivity index (χ4v) is 2.68. The smallest absolute Gasteiger partial charge is 0.164 e. The summed E-state index contributed by atoms with van der Waals surface area (Å²) in [6.45, 7) is 3.41. The Labute approximate surface area is 131 Å². The highest BCUT2D eigenvalue weighted by Gasteiger charge is 2.17. The summed E-state index contributed by atoms with van der Waals surface area (Å²) in [6.07, 6.45) is 7.04. The van der Waals surface area contributed by atoms with Gasteiger partial charge in [0, 0.05) is 24.5 Å². The van der Waals surface area contributed by atoms with E-state index in [4.69, 9.17) is 21.1 Å². The van der Waals surface area contributed by atoms with E-state index in [-0.39, 0.29) is 5.78 Å². The fraction of sp³-hybridized carbons (Fsp3) is 0.588. The molecule has 0 spiro atoms. The van der Waals surface area contributed by atoms with Gasteiger partial charge in [0.15, 0.2) is 17.3 Å². The van der Waals surface area contributed by atoms with E-state index in [9.17, 15) is 4.79 Å². The highest BCUT2D eigenvalue weighted by Crippen LogP contribution is 2.35. The topological polar surface area (TPSA) is 35.5 Å². The molecular formula is C17H23ClO3. The van der Waals surface area contributed by atoms with Crippen LogP contribution in [0.15, 0.2) is 12.1 Å². The molecule has 1 aliphatic heterocycles. The minimum atomic E-state index is 0.0899. The van der Waals surface area contributed by atoms with Crippen LogP contribution in [-0.4, -0.2) is 19.0 Å². The Hall–Kier alpha value is -1.22. The first-order valence-corrected chi connectivity index (χ1v) is 8.22. The monoisotopic (exact) mass is 310 g/mol. The average molecular weight is 311 g/mol. The number of halogens is 1. The summed E-state index contributed by atoms with van der Waals surface area (Å²) in [4.78, 5) is 12.3. The number of carbonyl (C=O) groups excluding carboxylic acids is 1. The van der Waals surface area contributed by atoms with Crippen LogP contribution in [0.2, 0.25) is 5.02 Å². The summed E-state index contributed by atoms with van der Waals surface area (Å²) in [7, 11) is 0. The summed E-state index contributed by atoms with van der Waals surface area (Å²) in [5.41, 5.74) is 0.552. The Morgan fingerprint density at radius 3 is 2.48 bits per heavy atom. The number of ether oxygens (including phenoxy) is 2. The molecule has 0 radical (unpaired) electrons. The molecule has 0 fully saturated rings. The lowest BCUT2D eigenvalue weighted by Gasteiger charge is -2.11. The first kappa shape index (κ1) is 16.2. The van der Waals surface area contributed by atoms with Gasteiger partial charge in [0.05, 0.1) is 18.2 Å². The molecule has 0 aromatic heterocycles. The predicted octanol–water partition coefficient (Wildman–Crippen LogP) is 5.04. The van der Waals surface area contributed by atoms with Crippen LogP contribution in [0.1, 0.15) is 62.2 Å². The van der Waals surface area contributed by atoms with Crippen molar-refractivity contribution in [2.24, 2.45) is 0 Å². The van der Waals surface area contributed by atoms with Gasteiger partial charge >= 0.3 is 0 Å². The molecule has 116 valence electrons. The first-order chi connectivity index (χ1) is 10.2. The van der Waals surface area contributed by atoms with E-state index in [0.717, 1.165) is 19.3 Å². The molecule has 0 saturated heterocycles. The lowest BCUT2D eigenvalue weighted by atomic mass is 10.0. The number of rotatable bonds is 7. The van der Waals surface area contributed by atoms with Crippen LogP contribution in [0.25, 0.3) is 0 Å². The number of Topliss-reactive ketones (excluding diaryl/α,β-unsaturated/α-hetero) is 1. The highest BCUT2D eigenvalue weighted by atomic mass is 35.5. The minimum Gasteiger partial charge on any atom is -0.490 e. The maximum absolute atomic E-state index is 12.3. The number of hydrogen-bond donors (Lipinski definition) is 0. The van der Waals surface area contributed by atoms with E-state index in [0.29, 0.717) is 41.7 Å². The second-order valence-electron chi connectivity index (χ2n) is 5.42. The third-order valence-corrected chi connectivity index (χ3v) is 3.96. The molecular weight excluding hydrogens is 288 g/mol. The molecule has 21 heavy (non-hydrogen) atoms. The molecule has 0 N–H and O–H groups in total. The Balaban J connectivity index is 1.98. The zero-order valence-electron chi connectivity index (χ0n) is 12.6. The van der Waals surface area contributed by atoms with E-state index in [1.807, 2.05) is 0 Å². The SMILES string of the molecule is CCCCCCCC(=O)c1cc2c(cc1Cl)OCCCO2. The normalized spacial score (nSPS) is 13.8. The van der Waals surface area contributed by atoms with E-state index in [1.54, 1.807) is 12.1 Å². The second-order valence-corrected chi connectivity index (χ2v) is 5.82. The van der Waals surface area contributed by atoms with Crippen LogP contribution in [-0.2, 0) is 0 Å². The maximum Gasteiger partial charge on any atom is 0.164 e. The quantitative estimate of drug-likeness (QED) is 0.522. The van der Waals surface area contributed by atoms with Gasteiger partial charge in [-0.3, -0.25) is 4.79 Å². The number of benzene rings is 1. The number of hydrogen-bond acceptors (Lipinski definition) is 3. The van der Waals surface area contributed by atoms with Crippen molar-refractivity contribution in [3.05, 3.63) is 22.7 Å². The van der Waals surface area contributed by atoms with Crippen molar-refractivity contribution in [3.8, 4) is 11.5 Å². The van der Waals surface area contributed by atoms with Crippen LogP contribution in [0, 0.1) is 0 Å². The van der Waals surface area contributed by atoms with Crippen LogP contribution in [0.3, 0.4) is 0 Å².